The predicted molar refractivity (Wildman–Crippen MR) is 82.6 cm³/mol. The fourth-order valence-electron chi connectivity index (χ4n) is 1.61. The number of rotatable bonds is 7. The van der Waals surface area contributed by atoms with Crippen LogP contribution >= 0.6 is 0 Å². The minimum atomic E-state index is -0.420. The maximum absolute atomic E-state index is 9.73. The van der Waals surface area contributed by atoms with E-state index in [9.17, 15) is 5.11 Å². The summed E-state index contributed by atoms with van der Waals surface area (Å²) in [5, 5.41) is 12.7. The van der Waals surface area contributed by atoms with Gasteiger partial charge in [0.1, 0.15) is 0 Å². The SMILES string of the molecule is CCOC(C)OCC.CN[C@@H](C)[C@@H](O)c1ccccc1. The van der Waals surface area contributed by atoms with Gasteiger partial charge in [-0.3, -0.25) is 0 Å². The van der Waals surface area contributed by atoms with E-state index in [0.29, 0.717) is 0 Å². The van der Waals surface area contributed by atoms with E-state index in [2.05, 4.69) is 5.32 Å². The number of ether oxygens (including phenoxy) is 2. The molecule has 20 heavy (non-hydrogen) atoms. The van der Waals surface area contributed by atoms with Crippen LogP contribution in [0.25, 0.3) is 0 Å². The van der Waals surface area contributed by atoms with Crippen molar-refractivity contribution in [2.45, 2.75) is 46.1 Å². The number of aliphatic hydroxyl groups is 1. The molecule has 1 aromatic carbocycles. The molecule has 0 amide bonds. The molecule has 4 nitrogen and oxygen atoms in total. The van der Waals surface area contributed by atoms with Gasteiger partial charge in [-0.25, -0.2) is 0 Å². The average molecular weight is 283 g/mol. The first-order valence-electron chi connectivity index (χ1n) is 7.20. The third-order valence-corrected chi connectivity index (χ3v) is 2.87. The van der Waals surface area contributed by atoms with Crippen molar-refractivity contribution in [1.29, 1.82) is 0 Å². The summed E-state index contributed by atoms with van der Waals surface area (Å²) < 4.78 is 10.1. The van der Waals surface area contributed by atoms with Gasteiger partial charge in [-0.1, -0.05) is 30.3 Å². The quantitative estimate of drug-likeness (QED) is 0.756. The maximum atomic E-state index is 9.73. The molecule has 0 unspecified atom stereocenters. The number of hydrogen-bond acceptors (Lipinski definition) is 4. The molecule has 2 atom stereocenters. The second-order valence-electron chi connectivity index (χ2n) is 4.41. The molecule has 0 aliphatic carbocycles. The van der Waals surface area contributed by atoms with Crippen molar-refractivity contribution in [3.8, 4) is 0 Å². The zero-order valence-electron chi connectivity index (χ0n) is 13.3. The second kappa shape index (κ2) is 11.9. The highest BCUT2D eigenvalue weighted by atomic mass is 16.7. The first kappa shape index (κ1) is 19.1. The monoisotopic (exact) mass is 283 g/mol. The zero-order valence-corrected chi connectivity index (χ0v) is 13.3. The second-order valence-corrected chi connectivity index (χ2v) is 4.41. The lowest BCUT2D eigenvalue weighted by atomic mass is 10.0. The van der Waals surface area contributed by atoms with Crippen molar-refractivity contribution >= 4 is 0 Å². The van der Waals surface area contributed by atoms with Crippen LogP contribution in [0, 0.1) is 0 Å². The summed E-state index contributed by atoms with van der Waals surface area (Å²) >= 11 is 0. The summed E-state index contributed by atoms with van der Waals surface area (Å²) in [7, 11) is 1.84. The Labute approximate surface area is 123 Å². The van der Waals surface area contributed by atoms with Crippen molar-refractivity contribution in [2.24, 2.45) is 0 Å². The summed E-state index contributed by atoms with van der Waals surface area (Å²) in [4.78, 5) is 0. The highest BCUT2D eigenvalue weighted by Gasteiger charge is 2.12. The molecule has 0 saturated carbocycles. The van der Waals surface area contributed by atoms with E-state index in [1.807, 2.05) is 65.1 Å². The van der Waals surface area contributed by atoms with Crippen molar-refractivity contribution in [1.82, 2.24) is 5.32 Å². The van der Waals surface area contributed by atoms with E-state index in [-0.39, 0.29) is 12.3 Å². The molecular formula is C16H29NO3. The van der Waals surface area contributed by atoms with E-state index >= 15 is 0 Å². The Kier molecular flexibility index (Phi) is 11.3. The van der Waals surface area contributed by atoms with Crippen LogP contribution in [0.3, 0.4) is 0 Å². The lowest BCUT2D eigenvalue weighted by molar-refractivity contribution is -0.123. The Morgan fingerprint density at radius 3 is 1.95 bits per heavy atom. The molecule has 4 heteroatoms. The molecule has 116 valence electrons. The third kappa shape index (κ3) is 8.27. The highest BCUT2D eigenvalue weighted by molar-refractivity contribution is 5.18. The van der Waals surface area contributed by atoms with Gasteiger partial charge < -0.3 is 19.9 Å². The van der Waals surface area contributed by atoms with E-state index in [0.717, 1.165) is 18.8 Å². The topological polar surface area (TPSA) is 50.7 Å². The minimum absolute atomic E-state index is 0.0370. The van der Waals surface area contributed by atoms with E-state index < -0.39 is 6.10 Å². The lowest BCUT2D eigenvalue weighted by Gasteiger charge is -2.17. The van der Waals surface area contributed by atoms with Gasteiger partial charge in [-0.2, -0.15) is 0 Å². The first-order chi connectivity index (χ1) is 9.56. The third-order valence-electron chi connectivity index (χ3n) is 2.87. The molecule has 1 aromatic rings. The fraction of sp³-hybridized carbons (Fsp3) is 0.625. The molecule has 2 N–H and O–H groups in total. The average Bonchev–Trinajstić information content (AvgIpc) is 2.48. The van der Waals surface area contributed by atoms with Crippen LogP contribution in [0.2, 0.25) is 0 Å². The van der Waals surface area contributed by atoms with Crippen LogP contribution in [0.4, 0.5) is 0 Å². The van der Waals surface area contributed by atoms with Gasteiger partial charge in [0.15, 0.2) is 6.29 Å². The summed E-state index contributed by atoms with van der Waals surface area (Å²) in [6, 6.07) is 9.76. The van der Waals surface area contributed by atoms with Crippen molar-refractivity contribution < 1.29 is 14.6 Å². The standard InChI is InChI=1S/C10H15NO.C6H14O2/c1-8(11-2)10(12)9-6-4-3-5-7-9;1-4-7-6(3)8-5-2/h3-8,10-12H,1-2H3;6H,4-5H2,1-3H3/t8-,10+;/m0./s1. The zero-order chi connectivity index (χ0) is 15.4. The number of benzene rings is 1. The molecule has 0 fully saturated rings. The van der Waals surface area contributed by atoms with Gasteiger partial charge in [-0.15, -0.1) is 0 Å². The summed E-state index contributed by atoms with van der Waals surface area (Å²) in [5.41, 5.74) is 0.958. The van der Waals surface area contributed by atoms with Crippen molar-refractivity contribution in [2.75, 3.05) is 20.3 Å². The molecule has 0 radical (unpaired) electrons. The van der Waals surface area contributed by atoms with Crippen LogP contribution in [0.1, 0.15) is 39.4 Å². The molecule has 0 aliphatic rings. The highest BCUT2D eigenvalue weighted by Crippen LogP contribution is 2.15. The maximum Gasteiger partial charge on any atom is 0.154 e. The van der Waals surface area contributed by atoms with E-state index in [1.165, 1.54) is 0 Å². The Bertz CT molecular complexity index is 313. The smallest absolute Gasteiger partial charge is 0.154 e. The van der Waals surface area contributed by atoms with Crippen molar-refractivity contribution in [3.05, 3.63) is 35.9 Å². The van der Waals surface area contributed by atoms with Gasteiger partial charge in [0.25, 0.3) is 0 Å². The van der Waals surface area contributed by atoms with Gasteiger partial charge in [0, 0.05) is 19.3 Å². The summed E-state index contributed by atoms with van der Waals surface area (Å²) in [5.74, 6) is 0. The van der Waals surface area contributed by atoms with E-state index in [4.69, 9.17) is 9.47 Å². The predicted octanol–water partition coefficient (Wildman–Crippen LogP) is 2.73. The molecule has 0 heterocycles. The van der Waals surface area contributed by atoms with Crippen molar-refractivity contribution in [3.63, 3.8) is 0 Å². The van der Waals surface area contributed by atoms with Crippen LogP contribution in [0.5, 0.6) is 0 Å². The largest absolute Gasteiger partial charge is 0.387 e. The molecular weight excluding hydrogens is 254 g/mol. The van der Waals surface area contributed by atoms with Gasteiger partial charge in [0.2, 0.25) is 0 Å². The van der Waals surface area contributed by atoms with Crippen LogP contribution in [-0.4, -0.2) is 37.7 Å². The minimum Gasteiger partial charge on any atom is -0.387 e. The van der Waals surface area contributed by atoms with Gasteiger partial charge in [-0.05, 0) is 40.3 Å². The van der Waals surface area contributed by atoms with E-state index in [1.54, 1.807) is 0 Å². The number of nitrogens with one attached hydrogen (secondary N) is 1. The Balaban J connectivity index is 0.000000396. The van der Waals surface area contributed by atoms with Crippen LogP contribution in [0.15, 0.2) is 30.3 Å². The molecule has 0 spiro atoms. The molecule has 0 saturated heterocycles. The molecule has 1 rings (SSSR count). The Morgan fingerprint density at radius 2 is 1.55 bits per heavy atom. The van der Waals surface area contributed by atoms with Gasteiger partial charge in [0.05, 0.1) is 6.10 Å². The molecule has 0 bridgehead atoms. The number of aliphatic hydroxyl groups excluding tert-OH is 1. The van der Waals surface area contributed by atoms with Crippen LogP contribution < -0.4 is 5.32 Å². The molecule has 0 aliphatic heterocycles. The summed E-state index contributed by atoms with van der Waals surface area (Å²) in [6.07, 6.45) is -0.457. The normalized spacial score (nSPS) is 13.6. The lowest BCUT2D eigenvalue weighted by Crippen LogP contribution is -2.28. The summed E-state index contributed by atoms with van der Waals surface area (Å²) in [6.45, 7) is 9.21. The first-order valence-corrected chi connectivity index (χ1v) is 7.20. The number of hydrogen-bond donors (Lipinski definition) is 2. The van der Waals surface area contributed by atoms with Crippen LogP contribution in [-0.2, 0) is 9.47 Å². The Hall–Kier alpha value is -0.940. The fourth-order valence-corrected chi connectivity index (χ4v) is 1.61. The van der Waals surface area contributed by atoms with Gasteiger partial charge >= 0.3 is 0 Å². The number of likely N-dealkylation sites (N-methyl/N-ethyl adjacent to an activating group) is 1. The molecule has 0 aromatic heterocycles. The Morgan fingerprint density at radius 1 is 1.05 bits per heavy atom.